The van der Waals surface area contributed by atoms with E-state index in [0.717, 1.165) is 51.4 Å². The molecule has 0 bridgehead atoms. The molecule has 346 valence electrons. The lowest BCUT2D eigenvalue weighted by atomic mass is 10.1. The van der Waals surface area contributed by atoms with Crippen LogP contribution in [0.1, 0.15) is 264 Å². The number of ether oxygens (including phenoxy) is 1. The summed E-state index contributed by atoms with van der Waals surface area (Å²) in [5.74, 6) is -0.0851. The molecular weight excluding hydrogens is 731 g/mol. The van der Waals surface area contributed by atoms with Crippen LogP contribution in [0.25, 0.3) is 0 Å². The minimum absolute atomic E-state index is 0.00467. The molecular formula is C53H99NO5. The van der Waals surface area contributed by atoms with Gasteiger partial charge in [-0.05, 0) is 83.5 Å². The second-order valence-electron chi connectivity index (χ2n) is 17.5. The van der Waals surface area contributed by atoms with E-state index in [-0.39, 0.29) is 18.5 Å². The molecule has 0 saturated heterocycles. The molecule has 2 unspecified atom stereocenters. The molecule has 59 heavy (non-hydrogen) atoms. The highest BCUT2D eigenvalue weighted by Crippen LogP contribution is 2.14. The summed E-state index contributed by atoms with van der Waals surface area (Å²) in [4.78, 5) is 24.4. The molecule has 0 radical (unpaired) electrons. The molecule has 3 N–H and O–H groups in total. The number of allylic oxidation sites excluding steroid dienone is 5. The van der Waals surface area contributed by atoms with Crippen molar-refractivity contribution in [3.05, 3.63) is 36.5 Å². The van der Waals surface area contributed by atoms with Crippen LogP contribution >= 0.6 is 0 Å². The first-order chi connectivity index (χ1) is 29.0. The predicted octanol–water partition coefficient (Wildman–Crippen LogP) is 15.3. The summed E-state index contributed by atoms with van der Waals surface area (Å²) in [6.07, 6.45) is 58.7. The van der Waals surface area contributed by atoms with Crippen LogP contribution in [-0.4, -0.2) is 47.4 Å². The van der Waals surface area contributed by atoms with E-state index in [1.165, 1.54) is 186 Å². The summed E-state index contributed by atoms with van der Waals surface area (Å²) >= 11 is 0. The van der Waals surface area contributed by atoms with Crippen LogP contribution < -0.4 is 5.32 Å². The maximum absolute atomic E-state index is 12.4. The number of carbonyl (C=O) groups is 2. The molecule has 0 aliphatic rings. The van der Waals surface area contributed by atoms with Gasteiger partial charge in [-0.25, -0.2) is 0 Å². The second-order valence-corrected chi connectivity index (χ2v) is 17.5. The van der Waals surface area contributed by atoms with Crippen LogP contribution in [0.5, 0.6) is 0 Å². The van der Waals surface area contributed by atoms with Crippen molar-refractivity contribution in [2.45, 2.75) is 276 Å². The number of nitrogens with one attached hydrogen (secondary N) is 1. The van der Waals surface area contributed by atoms with Gasteiger partial charge in [0.2, 0.25) is 5.91 Å². The Bertz CT molecular complexity index is 962. The van der Waals surface area contributed by atoms with E-state index < -0.39 is 12.1 Å². The zero-order valence-electron chi connectivity index (χ0n) is 39.2. The largest absolute Gasteiger partial charge is 0.466 e. The number of rotatable bonds is 47. The maximum Gasteiger partial charge on any atom is 0.305 e. The van der Waals surface area contributed by atoms with Gasteiger partial charge in [0.1, 0.15) is 0 Å². The van der Waals surface area contributed by atoms with Gasteiger partial charge in [-0.2, -0.15) is 0 Å². The third-order valence-electron chi connectivity index (χ3n) is 11.6. The molecule has 0 spiro atoms. The summed E-state index contributed by atoms with van der Waals surface area (Å²) in [6, 6.07) is -0.632. The van der Waals surface area contributed by atoms with Gasteiger partial charge in [0, 0.05) is 12.8 Å². The fourth-order valence-electron chi connectivity index (χ4n) is 7.62. The van der Waals surface area contributed by atoms with Crippen LogP contribution in [0, 0.1) is 0 Å². The van der Waals surface area contributed by atoms with E-state index in [1.54, 1.807) is 6.08 Å². The highest BCUT2D eigenvalue weighted by Gasteiger charge is 2.18. The molecule has 0 aromatic rings. The van der Waals surface area contributed by atoms with Gasteiger partial charge >= 0.3 is 5.97 Å². The van der Waals surface area contributed by atoms with Crippen LogP contribution in [0.4, 0.5) is 0 Å². The smallest absolute Gasteiger partial charge is 0.305 e. The lowest BCUT2D eigenvalue weighted by molar-refractivity contribution is -0.143. The summed E-state index contributed by atoms with van der Waals surface area (Å²) in [7, 11) is 0. The second kappa shape index (κ2) is 48.7. The molecule has 6 heteroatoms. The van der Waals surface area contributed by atoms with E-state index in [1.807, 2.05) is 6.08 Å². The van der Waals surface area contributed by atoms with Gasteiger partial charge in [-0.3, -0.25) is 9.59 Å². The number of aliphatic hydroxyl groups is 2. The maximum atomic E-state index is 12.4. The highest BCUT2D eigenvalue weighted by atomic mass is 16.5. The summed E-state index contributed by atoms with van der Waals surface area (Å²) in [5.41, 5.74) is 0. The van der Waals surface area contributed by atoms with E-state index in [4.69, 9.17) is 4.74 Å². The summed E-state index contributed by atoms with van der Waals surface area (Å²) < 4.78 is 5.45. The average Bonchev–Trinajstić information content (AvgIpc) is 3.24. The van der Waals surface area contributed by atoms with Crippen molar-refractivity contribution in [1.82, 2.24) is 5.32 Å². The monoisotopic (exact) mass is 830 g/mol. The summed E-state index contributed by atoms with van der Waals surface area (Å²) in [5, 5.41) is 22.9. The Hall–Kier alpha value is -1.92. The van der Waals surface area contributed by atoms with Crippen molar-refractivity contribution < 1.29 is 24.5 Å². The fourth-order valence-corrected chi connectivity index (χ4v) is 7.62. The number of hydrogen-bond donors (Lipinski definition) is 3. The van der Waals surface area contributed by atoms with E-state index in [9.17, 15) is 19.8 Å². The predicted molar refractivity (Wildman–Crippen MR) is 255 cm³/mol. The van der Waals surface area contributed by atoms with Crippen molar-refractivity contribution in [3.63, 3.8) is 0 Å². The first-order valence-electron chi connectivity index (χ1n) is 25.8. The molecule has 0 aromatic heterocycles. The van der Waals surface area contributed by atoms with Crippen molar-refractivity contribution >= 4 is 11.9 Å². The van der Waals surface area contributed by atoms with Crippen molar-refractivity contribution in [3.8, 4) is 0 Å². The third-order valence-corrected chi connectivity index (χ3v) is 11.6. The molecule has 0 fully saturated rings. The molecule has 2 atom stereocenters. The van der Waals surface area contributed by atoms with Gasteiger partial charge in [0.15, 0.2) is 0 Å². The number of aliphatic hydroxyl groups excluding tert-OH is 2. The van der Waals surface area contributed by atoms with Gasteiger partial charge in [-0.1, -0.05) is 204 Å². The minimum atomic E-state index is -0.847. The first-order valence-corrected chi connectivity index (χ1v) is 25.8. The third kappa shape index (κ3) is 45.4. The Morgan fingerprint density at radius 1 is 0.458 bits per heavy atom. The summed E-state index contributed by atoms with van der Waals surface area (Å²) in [6.45, 7) is 4.84. The molecule has 0 aromatic carbocycles. The van der Waals surface area contributed by atoms with E-state index in [0.29, 0.717) is 19.4 Å². The van der Waals surface area contributed by atoms with E-state index >= 15 is 0 Å². The molecule has 0 aliphatic carbocycles. The van der Waals surface area contributed by atoms with Gasteiger partial charge in [0.25, 0.3) is 0 Å². The number of hydrogen-bond acceptors (Lipinski definition) is 5. The van der Waals surface area contributed by atoms with Crippen LogP contribution in [0.15, 0.2) is 36.5 Å². The molecule has 6 nitrogen and oxygen atoms in total. The first kappa shape index (κ1) is 57.1. The van der Waals surface area contributed by atoms with Gasteiger partial charge < -0.3 is 20.3 Å². The molecule has 0 rings (SSSR count). The van der Waals surface area contributed by atoms with Crippen LogP contribution in [0.3, 0.4) is 0 Å². The Kier molecular flexibility index (Phi) is 47.2. The number of carbonyl (C=O) groups excluding carboxylic acids is 2. The Morgan fingerprint density at radius 3 is 1.22 bits per heavy atom. The van der Waals surface area contributed by atoms with Gasteiger partial charge in [0.05, 0.1) is 25.4 Å². The molecule has 1 amide bonds. The number of esters is 1. The standard InChI is InChI=1S/C53H99NO5/c1-3-5-7-9-11-13-14-23-27-31-35-39-43-47-53(58)59-48-44-40-36-32-28-25-22-20-18-16-15-17-19-21-24-26-30-34-38-42-46-52(57)54-50(49-55)51(56)45-41-37-33-29-12-10-8-6-4-2/h13-15,17,41,45,50-51,55-56H,3-12,16,18-40,42-44,46-49H2,1-2H3,(H,54,57)/b14-13-,17-15-,45-41+. The van der Waals surface area contributed by atoms with Crippen molar-refractivity contribution in [2.75, 3.05) is 13.2 Å². The van der Waals surface area contributed by atoms with E-state index in [2.05, 4.69) is 43.5 Å². The lowest BCUT2D eigenvalue weighted by Crippen LogP contribution is -2.45. The minimum Gasteiger partial charge on any atom is -0.466 e. The van der Waals surface area contributed by atoms with Crippen LogP contribution in [0.2, 0.25) is 0 Å². The zero-order valence-corrected chi connectivity index (χ0v) is 39.2. The Morgan fingerprint density at radius 2 is 0.797 bits per heavy atom. The fraction of sp³-hybridized carbons (Fsp3) is 0.849. The topological polar surface area (TPSA) is 95.9 Å². The molecule has 0 saturated carbocycles. The normalized spacial score (nSPS) is 12.9. The Labute approximate surface area is 366 Å². The quantitative estimate of drug-likeness (QED) is 0.0323. The molecule has 0 aliphatic heterocycles. The van der Waals surface area contributed by atoms with Crippen molar-refractivity contribution in [1.29, 1.82) is 0 Å². The number of amides is 1. The SMILES string of the molecule is CCCCCC/C=C\CCCCCCCC(=O)OCCCCCCCCCCC/C=C\CCCCCCCCCC(=O)NC(CO)C(O)/C=C/CCCCCCCCC. The zero-order chi connectivity index (χ0) is 43.0. The molecule has 0 heterocycles. The van der Waals surface area contributed by atoms with Crippen LogP contribution in [-0.2, 0) is 14.3 Å². The van der Waals surface area contributed by atoms with Crippen molar-refractivity contribution in [2.24, 2.45) is 0 Å². The Balaban J connectivity index is 3.44. The number of unbranched alkanes of at least 4 members (excludes halogenated alkanes) is 32. The lowest BCUT2D eigenvalue weighted by Gasteiger charge is -2.20. The average molecular weight is 830 g/mol. The highest BCUT2D eigenvalue weighted by molar-refractivity contribution is 5.76. The van der Waals surface area contributed by atoms with Gasteiger partial charge in [-0.15, -0.1) is 0 Å².